The van der Waals surface area contributed by atoms with Crippen LogP contribution < -0.4 is 10.2 Å². The molecule has 1 aromatic heterocycles. The van der Waals surface area contributed by atoms with Crippen molar-refractivity contribution < 1.29 is 0 Å². The van der Waals surface area contributed by atoms with E-state index in [1.807, 2.05) is 19.0 Å². The van der Waals surface area contributed by atoms with Crippen molar-refractivity contribution >= 4 is 23.5 Å². The molecule has 0 atom stereocenters. The van der Waals surface area contributed by atoms with Gasteiger partial charge in [-0.25, -0.2) is 0 Å². The molecule has 1 aliphatic carbocycles. The van der Waals surface area contributed by atoms with Gasteiger partial charge in [0.25, 0.3) is 0 Å². The quantitative estimate of drug-likeness (QED) is 0.924. The van der Waals surface area contributed by atoms with Crippen LogP contribution in [-0.4, -0.2) is 35.1 Å². The number of hydrogen-bond donors (Lipinski definition) is 1. The Morgan fingerprint density at radius 1 is 1.05 bits per heavy atom. The SMILES string of the molecule is CN(C)c1nc(Cl)nc(NC2CC(C)(C)CC(C)(C)C2)n1. The van der Waals surface area contributed by atoms with Gasteiger partial charge in [0, 0.05) is 20.1 Å². The molecular weight excluding hydrogens is 286 g/mol. The van der Waals surface area contributed by atoms with Crippen molar-refractivity contribution in [3.05, 3.63) is 5.28 Å². The van der Waals surface area contributed by atoms with Crippen LogP contribution in [0.3, 0.4) is 0 Å². The Balaban J connectivity index is 2.18. The molecule has 1 heterocycles. The van der Waals surface area contributed by atoms with Crippen LogP contribution in [0, 0.1) is 10.8 Å². The summed E-state index contributed by atoms with van der Waals surface area (Å²) in [5, 5.41) is 3.68. The zero-order chi connectivity index (χ0) is 15.8. The lowest BCUT2D eigenvalue weighted by Gasteiger charge is -2.45. The van der Waals surface area contributed by atoms with Gasteiger partial charge in [0.1, 0.15) is 0 Å². The Morgan fingerprint density at radius 3 is 2.14 bits per heavy atom. The molecule has 21 heavy (non-hydrogen) atoms. The van der Waals surface area contributed by atoms with E-state index in [0.717, 1.165) is 12.8 Å². The van der Waals surface area contributed by atoms with Crippen LogP contribution in [0.5, 0.6) is 0 Å². The number of hydrogen-bond acceptors (Lipinski definition) is 5. The fraction of sp³-hybridized carbons (Fsp3) is 0.800. The third kappa shape index (κ3) is 4.43. The molecule has 5 nitrogen and oxygen atoms in total. The van der Waals surface area contributed by atoms with Crippen molar-refractivity contribution in [2.24, 2.45) is 10.8 Å². The molecule has 0 spiro atoms. The zero-order valence-electron chi connectivity index (χ0n) is 13.9. The lowest BCUT2D eigenvalue weighted by Crippen LogP contribution is -2.40. The summed E-state index contributed by atoms with van der Waals surface area (Å²) in [7, 11) is 3.78. The van der Waals surface area contributed by atoms with Crippen LogP contribution in [-0.2, 0) is 0 Å². The van der Waals surface area contributed by atoms with Gasteiger partial charge in [0.15, 0.2) is 0 Å². The number of aromatic nitrogens is 3. The van der Waals surface area contributed by atoms with Crippen LogP contribution in [0.4, 0.5) is 11.9 Å². The monoisotopic (exact) mass is 311 g/mol. The molecule has 1 aliphatic rings. The summed E-state index contributed by atoms with van der Waals surface area (Å²) in [5.74, 6) is 1.14. The molecule has 1 N–H and O–H groups in total. The third-order valence-electron chi connectivity index (χ3n) is 3.88. The second-order valence-corrected chi connectivity index (χ2v) is 8.22. The number of anilines is 2. The Labute approximate surface area is 132 Å². The van der Waals surface area contributed by atoms with E-state index in [4.69, 9.17) is 11.6 Å². The molecule has 1 fully saturated rings. The van der Waals surface area contributed by atoms with Gasteiger partial charge in [-0.2, -0.15) is 15.0 Å². The highest BCUT2D eigenvalue weighted by molar-refractivity contribution is 6.28. The summed E-state index contributed by atoms with van der Waals surface area (Å²) >= 11 is 5.99. The van der Waals surface area contributed by atoms with Gasteiger partial charge in [-0.3, -0.25) is 0 Å². The standard InChI is InChI=1S/C15H26ClN5/c1-14(2)7-10(8-15(3,4)9-14)17-12-18-11(16)19-13(20-12)21(5)6/h10H,7-9H2,1-6H3,(H,17,18,19,20). The number of nitrogens with one attached hydrogen (secondary N) is 1. The smallest absolute Gasteiger partial charge is 0.230 e. The Morgan fingerprint density at radius 2 is 1.62 bits per heavy atom. The van der Waals surface area contributed by atoms with Crippen LogP contribution in [0.15, 0.2) is 0 Å². The average molecular weight is 312 g/mol. The van der Waals surface area contributed by atoms with Crippen molar-refractivity contribution in [1.82, 2.24) is 15.0 Å². The molecule has 0 radical (unpaired) electrons. The van der Waals surface area contributed by atoms with Gasteiger partial charge < -0.3 is 10.2 Å². The molecule has 1 saturated carbocycles. The van der Waals surface area contributed by atoms with E-state index < -0.39 is 0 Å². The second-order valence-electron chi connectivity index (χ2n) is 7.88. The molecule has 0 aromatic carbocycles. The predicted octanol–water partition coefficient (Wildman–Crippen LogP) is 3.61. The highest BCUT2D eigenvalue weighted by Crippen LogP contribution is 2.46. The maximum atomic E-state index is 5.99. The first-order valence-corrected chi connectivity index (χ1v) is 7.80. The lowest BCUT2D eigenvalue weighted by molar-refractivity contribution is 0.105. The number of rotatable bonds is 3. The topological polar surface area (TPSA) is 53.9 Å². The van der Waals surface area contributed by atoms with E-state index in [2.05, 4.69) is 48.0 Å². The van der Waals surface area contributed by atoms with Crippen LogP contribution in [0.1, 0.15) is 47.0 Å². The van der Waals surface area contributed by atoms with Gasteiger partial charge >= 0.3 is 0 Å². The number of nitrogens with zero attached hydrogens (tertiary/aromatic N) is 4. The second kappa shape index (κ2) is 5.59. The van der Waals surface area contributed by atoms with E-state index in [1.54, 1.807) is 0 Å². The fourth-order valence-corrected chi connectivity index (χ4v) is 3.89. The molecule has 0 bridgehead atoms. The Hall–Kier alpha value is -1.10. The van der Waals surface area contributed by atoms with Crippen molar-refractivity contribution in [1.29, 1.82) is 0 Å². The lowest BCUT2D eigenvalue weighted by atomic mass is 9.63. The molecule has 0 unspecified atom stereocenters. The highest BCUT2D eigenvalue weighted by Gasteiger charge is 2.38. The summed E-state index contributed by atoms with van der Waals surface area (Å²) < 4.78 is 0. The molecule has 0 saturated heterocycles. The first-order chi connectivity index (χ1) is 9.56. The van der Waals surface area contributed by atoms with E-state index >= 15 is 0 Å². The highest BCUT2D eigenvalue weighted by atomic mass is 35.5. The maximum absolute atomic E-state index is 5.99. The molecular formula is C15H26ClN5. The molecule has 0 aliphatic heterocycles. The Bertz CT molecular complexity index is 497. The van der Waals surface area contributed by atoms with Gasteiger partial charge in [0.05, 0.1) is 0 Å². The maximum Gasteiger partial charge on any atom is 0.230 e. The molecule has 118 valence electrons. The number of halogens is 1. The fourth-order valence-electron chi connectivity index (χ4n) is 3.73. The van der Waals surface area contributed by atoms with Crippen LogP contribution in [0.2, 0.25) is 5.28 Å². The van der Waals surface area contributed by atoms with Crippen molar-refractivity contribution in [3.63, 3.8) is 0 Å². The zero-order valence-corrected chi connectivity index (χ0v) is 14.6. The summed E-state index contributed by atoms with van der Waals surface area (Å²) in [6.45, 7) is 9.31. The largest absolute Gasteiger partial charge is 0.351 e. The van der Waals surface area contributed by atoms with Gasteiger partial charge in [0.2, 0.25) is 17.2 Å². The Kier molecular flexibility index (Phi) is 4.34. The summed E-state index contributed by atoms with van der Waals surface area (Å²) in [5.41, 5.74) is 0.640. The predicted molar refractivity (Wildman–Crippen MR) is 88.0 cm³/mol. The molecule has 6 heteroatoms. The van der Waals surface area contributed by atoms with Crippen LogP contribution >= 0.6 is 11.6 Å². The molecule has 2 rings (SSSR count). The molecule has 0 amide bonds. The summed E-state index contributed by atoms with van der Waals surface area (Å²) in [6, 6.07) is 0.359. The minimum Gasteiger partial charge on any atom is -0.351 e. The van der Waals surface area contributed by atoms with Crippen LogP contribution in [0.25, 0.3) is 0 Å². The van der Waals surface area contributed by atoms with Gasteiger partial charge in [-0.15, -0.1) is 0 Å². The first-order valence-electron chi connectivity index (χ1n) is 7.42. The first kappa shape index (κ1) is 16.3. The third-order valence-corrected chi connectivity index (χ3v) is 4.05. The van der Waals surface area contributed by atoms with E-state index in [9.17, 15) is 0 Å². The summed E-state index contributed by atoms with van der Waals surface area (Å²) in [4.78, 5) is 14.6. The van der Waals surface area contributed by atoms with Gasteiger partial charge in [-0.05, 0) is 41.7 Å². The van der Waals surface area contributed by atoms with Gasteiger partial charge in [-0.1, -0.05) is 27.7 Å². The normalized spacial score (nSPS) is 21.1. The van der Waals surface area contributed by atoms with Crippen molar-refractivity contribution in [2.45, 2.75) is 53.0 Å². The van der Waals surface area contributed by atoms with E-state index in [1.165, 1.54) is 6.42 Å². The minimum absolute atomic E-state index is 0.227. The van der Waals surface area contributed by atoms with E-state index in [0.29, 0.717) is 28.8 Å². The van der Waals surface area contributed by atoms with Crippen molar-refractivity contribution in [3.8, 4) is 0 Å². The van der Waals surface area contributed by atoms with Crippen molar-refractivity contribution in [2.75, 3.05) is 24.3 Å². The minimum atomic E-state index is 0.227. The summed E-state index contributed by atoms with van der Waals surface area (Å²) in [6.07, 6.45) is 3.45. The molecule has 1 aromatic rings. The average Bonchev–Trinajstić information content (AvgIpc) is 2.22. The van der Waals surface area contributed by atoms with E-state index in [-0.39, 0.29) is 5.28 Å².